The van der Waals surface area contributed by atoms with Crippen molar-refractivity contribution in [2.75, 3.05) is 33.4 Å². The fourth-order valence-electron chi connectivity index (χ4n) is 4.26. The van der Waals surface area contributed by atoms with E-state index in [0.29, 0.717) is 26.2 Å². The van der Waals surface area contributed by atoms with Crippen molar-refractivity contribution in [2.45, 2.75) is 44.9 Å². The number of aryl methyl sites for hydroxylation is 1. The van der Waals surface area contributed by atoms with Crippen LogP contribution in [0.3, 0.4) is 0 Å². The molecule has 0 saturated carbocycles. The zero-order valence-corrected chi connectivity index (χ0v) is 20.2. The van der Waals surface area contributed by atoms with Gasteiger partial charge in [-0.1, -0.05) is 23.8 Å². The molecule has 7 nitrogen and oxygen atoms in total. The van der Waals surface area contributed by atoms with Crippen LogP contribution >= 0.6 is 0 Å². The van der Waals surface area contributed by atoms with E-state index in [9.17, 15) is 5.11 Å². The number of hydrogen-bond donors (Lipinski definition) is 1. The zero-order chi connectivity index (χ0) is 23.8. The van der Waals surface area contributed by atoms with Gasteiger partial charge in [0, 0.05) is 25.5 Å². The number of ether oxygens (including phenoxy) is 3. The first-order chi connectivity index (χ1) is 16.5. The molecule has 1 N–H and O–H groups in total. The fraction of sp³-hybridized carbons (Fsp3) is 0.444. The van der Waals surface area contributed by atoms with Gasteiger partial charge in [0.15, 0.2) is 11.5 Å². The van der Waals surface area contributed by atoms with Gasteiger partial charge in [0.2, 0.25) is 0 Å². The SMILES string of the molecule is COc1ccc(CN2CCCC(O)(COc3ccc(C)cc3)CC2)cc1OCCn1cccn1. The largest absolute Gasteiger partial charge is 0.493 e. The van der Waals surface area contributed by atoms with Gasteiger partial charge in [0.1, 0.15) is 19.0 Å². The Kier molecular flexibility index (Phi) is 8.08. The minimum atomic E-state index is -0.805. The van der Waals surface area contributed by atoms with Crippen LogP contribution in [0.15, 0.2) is 60.9 Å². The Labute approximate surface area is 201 Å². The van der Waals surface area contributed by atoms with Crippen LogP contribution in [0.1, 0.15) is 30.4 Å². The summed E-state index contributed by atoms with van der Waals surface area (Å²) in [5, 5.41) is 15.4. The maximum Gasteiger partial charge on any atom is 0.161 e. The Morgan fingerprint density at radius 1 is 1.03 bits per heavy atom. The minimum Gasteiger partial charge on any atom is -0.493 e. The van der Waals surface area contributed by atoms with Crippen molar-refractivity contribution in [1.82, 2.24) is 14.7 Å². The molecule has 1 aliphatic heterocycles. The number of methoxy groups -OCH3 is 1. The van der Waals surface area contributed by atoms with E-state index in [4.69, 9.17) is 14.2 Å². The Hall–Kier alpha value is -3.03. The number of likely N-dealkylation sites (tertiary alicyclic amines) is 1. The summed E-state index contributed by atoms with van der Waals surface area (Å²) in [6.45, 7) is 6.12. The van der Waals surface area contributed by atoms with Gasteiger partial charge in [-0.2, -0.15) is 5.10 Å². The van der Waals surface area contributed by atoms with Crippen LogP contribution in [0.2, 0.25) is 0 Å². The van der Waals surface area contributed by atoms with Gasteiger partial charge in [-0.3, -0.25) is 9.58 Å². The van der Waals surface area contributed by atoms with Crippen molar-refractivity contribution in [3.05, 3.63) is 72.1 Å². The van der Waals surface area contributed by atoms with E-state index in [-0.39, 0.29) is 0 Å². The summed E-state index contributed by atoms with van der Waals surface area (Å²) in [5.74, 6) is 2.27. The normalized spacial score (nSPS) is 18.9. The summed E-state index contributed by atoms with van der Waals surface area (Å²) in [6, 6.07) is 16.0. The van der Waals surface area contributed by atoms with Gasteiger partial charge in [0.25, 0.3) is 0 Å². The lowest BCUT2D eigenvalue weighted by atomic mass is 9.96. The molecule has 0 spiro atoms. The predicted molar refractivity (Wildman–Crippen MR) is 131 cm³/mol. The van der Waals surface area contributed by atoms with E-state index >= 15 is 0 Å². The summed E-state index contributed by atoms with van der Waals surface area (Å²) >= 11 is 0. The van der Waals surface area contributed by atoms with Crippen LogP contribution < -0.4 is 14.2 Å². The van der Waals surface area contributed by atoms with Crippen molar-refractivity contribution in [2.24, 2.45) is 0 Å². The van der Waals surface area contributed by atoms with Gasteiger partial charge in [-0.15, -0.1) is 0 Å². The zero-order valence-electron chi connectivity index (χ0n) is 20.2. The van der Waals surface area contributed by atoms with Crippen LogP contribution in [-0.4, -0.2) is 58.8 Å². The first-order valence-corrected chi connectivity index (χ1v) is 11.9. The highest BCUT2D eigenvalue weighted by Gasteiger charge is 2.31. The number of nitrogens with zero attached hydrogens (tertiary/aromatic N) is 3. The number of benzene rings is 2. The summed E-state index contributed by atoms with van der Waals surface area (Å²) in [5.41, 5.74) is 1.55. The molecule has 4 rings (SSSR count). The first kappa shape index (κ1) is 24.1. The van der Waals surface area contributed by atoms with E-state index in [2.05, 4.69) is 29.1 Å². The molecule has 1 atom stereocenters. The third-order valence-corrected chi connectivity index (χ3v) is 6.31. The van der Waals surface area contributed by atoms with E-state index < -0.39 is 5.60 Å². The summed E-state index contributed by atoms with van der Waals surface area (Å²) in [6.07, 6.45) is 6.03. The quantitative estimate of drug-likeness (QED) is 0.487. The number of hydrogen-bond acceptors (Lipinski definition) is 6. The number of aliphatic hydroxyl groups is 1. The molecule has 0 bridgehead atoms. The van der Waals surface area contributed by atoms with Gasteiger partial charge >= 0.3 is 0 Å². The maximum absolute atomic E-state index is 11.1. The molecule has 0 amide bonds. The second-order valence-electron chi connectivity index (χ2n) is 9.06. The van der Waals surface area contributed by atoms with E-state index in [1.165, 1.54) is 5.56 Å². The van der Waals surface area contributed by atoms with Crippen LogP contribution in [0.25, 0.3) is 0 Å². The number of rotatable bonds is 10. The molecule has 0 aliphatic carbocycles. The fourth-order valence-corrected chi connectivity index (χ4v) is 4.26. The lowest BCUT2D eigenvalue weighted by Gasteiger charge is -2.27. The Morgan fingerprint density at radius 2 is 1.88 bits per heavy atom. The molecule has 182 valence electrons. The number of aromatic nitrogens is 2. The van der Waals surface area contributed by atoms with Gasteiger partial charge in [-0.05, 0) is 68.6 Å². The molecule has 1 aromatic heterocycles. The second-order valence-corrected chi connectivity index (χ2v) is 9.06. The van der Waals surface area contributed by atoms with Crippen LogP contribution in [-0.2, 0) is 13.1 Å². The highest BCUT2D eigenvalue weighted by atomic mass is 16.5. The van der Waals surface area contributed by atoms with Crippen molar-refractivity contribution < 1.29 is 19.3 Å². The lowest BCUT2D eigenvalue weighted by molar-refractivity contribution is -0.0168. The molecule has 1 unspecified atom stereocenters. The van der Waals surface area contributed by atoms with Crippen molar-refractivity contribution >= 4 is 0 Å². The third kappa shape index (κ3) is 6.74. The van der Waals surface area contributed by atoms with Gasteiger partial charge in [0.05, 0.1) is 19.3 Å². The van der Waals surface area contributed by atoms with Crippen molar-refractivity contribution in [1.29, 1.82) is 0 Å². The molecule has 1 fully saturated rings. The van der Waals surface area contributed by atoms with E-state index in [0.717, 1.165) is 55.3 Å². The predicted octanol–water partition coefficient (Wildman–Crippen LogP) is 4.08. The monoisotopic (exact) mass is 465 g/mol. The molecule has 2 aromatic carbocycles. The molecule has 1 aliphatic rings. The third-order valence-electron chi connectivity index (χ3n) is 6.31. The smallest absolute Gasteiger partial charge is 0.161 e. The second kappa shape index (κ2) is 11.4. The molecule has 1 saturated heterocycles. The van der Waals surface area contributed by atoms with Gasteiger partial charge in [-0.25, -0.2) is 0 Å². The molecule has 7 heteroatoms. The highest BCUT2D eigenvalue weighted by molar-refractivity contribution is 5.43. The molecular weight excluding hydrogens is 430 g/mol. The molecule has 2 heterocycles. The van der Waals surface area contributed by atoms with E-state index in [1.54, 1.807) is 13.3 Å². The standard InChI is InChI=1S/C27H35N3O4/c1-22-5-8-24(9-6-22)34-21-27(31)11-3-14-29(16-12-27)20-23-7-10-25(32-2)26(19-23)33-18-17-30-15-4-13-28-30/h4-10,13,15,19,31H,3,11-12,14,16-18,20-21H2,1-2H3. The summed E-state index contributed by atoms with van der Waals surface area (Å²) < 4.78 is 19.3. The first-order valence-electron chi connectivity index (χ1n) is 11.9. The Morgan fingerprint density at radius 3 is 2.65 bits per heavy atom. The molecular formula is C27H35N3O4. The van der Waals surface area contributed by atoms with E-state index in [1.807, 2.05) is 47.3 Å². The maximum atomic E-state index is 11.1. The van der Waals surface area contributed by atoms with Crippen molar-refractivity contribution in [3.8, 4) is 17.2 Å². The molecule has 3 aromatic rings. The Bertz CT molecular complexity index is 1020. The average Bonchev–Trinajstić information content (AvgIpc) is 3.29. The average molecular weight is 466 g/mol. The highest BCUT2D eigenvalue weighted by Crippen LogP contribution is 2.30. The minimum absolute atomic E-state index is 0.320. The van der Waals surface area contributed by atoms with Crippen LogP contribution in [0.5, 0.6) is 17.2 Å². The Balaban J connectivity index is 1.31. The van der Waals surface area contributed by atoms with Crippen LogP contribution in [0.4, 0.5) is 0 Å². The summed E-state index contributed by atoms with van der Waals surface area (Å²) in [7, 11) is 1.66. The topological polar surface area (TPSA) is 69.0 Å². The summed E-state index contributed by atoms with van der Waals surface area (Å²) in [4.78, 5) is 2.39. The molecule has 0 radical (unpaired) electrons. The van der Waals surface area contributed by atoms with Crippen LogP contribution in [0, 0.1) is 6.92 Å². The van der Waals surface area contributed by atoms with Crippen molar-refractivity contribution in [3.63, 3.8) is 0 Å². The lowest BCUT2D eigenvalue weighted by Crippen LogP contribution is -2.37. The molecule has 34 heavy (non-hydrogen) atoms. The van der Waals surface area contributed by atoms with Gasteiger partial charge < -0.3 is 19.3 Å².